The molecule has 2 heterocycles. The number of aromatic nitrogens is 1. The van der Waals surface area contributed by atoms with Crippen LogP contribution < -0.4 is 4.74 Å². The van der Waals surface area contributed by atoms with Crippen molar-refractivity contribution in [1.29, 1.82) is 0 Å². The first-order chi connectivity index (χ1) is 13.9. The van der Waals surface area contributed by atoms with E-state index in [0.717, 1.165) is 15.8 Å². The molecule has 1 fully saturated rings. The van der Waals surface area contributed by atoms with Crippen molar-refractivity contribution in [2.24, 2.45) is 0 Å². The van der Waals surface area contributed by atoms with E-state index in [4.69, 9.17) is 4.74 Å². The molecule has 1 aliphatic rings. The summed E-state index contributed by atoms with van der Waals surface area (Å²) in [6, 6.07) is 12.1. The third kappa shape index (κ3) is 4.83. The first kappa shape index (κ1) is 20.0. The molecule has 0 radical (unpaired) electrons. The summed E-state index contributed by atoms with van der Waals surface area (Å²) in [5, 5.41) is 1.76. The van der Waals surface area contributed by atoms with Gasteiger partial charge in [0.2, 0.25) is 10.0 Å². The normalized spacial score (nSPS) is 16.6. The van der Waals surface area contributed by atoms with E-state index in [1.807, 2.05) is 31.2 Å². The third-order valence-electron chi connectivity index (χ3n) is 4.87. The highest BCUT2D eigenvalue weighted by Gasteiger charge is 2.28. The number of nitrogens with zero attached hydrogens (tertiary/aromatic N) is 2. The van der Waals surface area contributed by atoms with Gasteiger partial charge in [0.15, 0.2) is 0 Å². The van der Waals surface area contributed by atoms with Gasteiger partial charge in [0.25, 0.3) is 5.19 Å². The first-order valence-corrected chi connectivity index (χ1v) is 11.7. The molecule has 1 saturated heterocycles. The van der Waals surface area contributed by atoms with Crippen LogP contribution >= 0.6 is 11.3 Å². The average Bonchev–Trinajstić information content (AvgIpc) is 3.09. The molecular formula is C21H21FN2O3S2. The molecule has 0 saturated carbocycles. The van der Waals surface area contributed by atoms with Crippen molar-refractivity contribution in [3.8, 4) is 5.19 Å². The number of rotatable bonds is 5. The van der Waals surface area contributed by atoms with Crippen molar-refractivity contribution in [2.45, 2.75) is 25.9 Å². The van der Waals surface area contributed by atoms with E-state index in [1.54, 1.807) is 12.1 Å². The molecule has 0 aliphatic carbocycles. The molecule has 8 heteroatoms. The van der Waals surface area contributed by atoms with Gasteiger partial charge < -0.3 is 4.74 Å². The highest BCUT2D eigenvalue weighted by molar-refractivity contribution is 7.92. The van der Waals surface area contributed by atoms with E-state index in [1.165, 1.54) is 33.2 Å². The topological polar surface area (TPSA) is 59.5 Å². The zero-order valence-electron chi connectivity index (χ0n) is 15.9. The summed E-state index contributed by atoms with van der Waals surface area (Å²) >= 11 is 1.30. The summed E-state index contributed by atoms with van der Waals surface area (Å²) in [5.41, 5.74) is 2.68. The summed E-state index contributed by atoms with van der Waals surface area (Å²) in [6.45, 7) is 2.78. The largest absolute Gasteiger partial charge is 0.467 e. The van der Waals surface area contributed by atoms with Gasteiger partial charge in [-0.3, -0.25) is 0 Å². The molecule has 3 aromatic rings. The molecule has 0 unspecified atom stereocenters. The second kappa shape index (κ2) is 8.22. The molecule has 0 bridgehead atoms. The molecule has 5 nitrogen and oxygen atoms in total. The average molecular weight is 433 g/mol. The van der Waals surface area contributed by atoms with Crippen LogP contribution in [0.3, 0.4) is 0 Å². The lowest BCUT2D eigenvalue weighted by Gasteiger charge is -2.29. The number of halogens is 1. The molecule has 152 valence electrons. The molecule has 0 atom stereocenters. The van der Waals surface area contributed by atoms with Gasteiger partial charge in [0.1, 0.15) is 11.9 Å². The monoisotopic (exact) mass is 432 g/mol. The molecule has 2 aromatic carbocycles. The van der Waals surface area contributed by atoms with Crippen LogP contribution in [0.4, 0.5) is 4.39 Å². The Labute approximate surface area is 173 Å². The Morgan fingerprint density at radius 2 is 1.90 bits per heavy atom. The summed E-state index contributed by atoms with van der Waals surface area (Å²) in [5.74, 6) is -0.301. The van der Waals surface area contributed by atoms with Gasteiger partial charge in [0, 0.05) is 18.5 Å². The van der Waals surface area contributed by atoms with Gasteiger partial charge >= 0.3 is 0 Å². The maximum Gasteiger partial charge on any atom is 0.274 e. The smallest absolute Gasteiger partial charge is 0.274 e. The van der Waals surface area contributed by atoms with E-state index in [-0.39, 0.29) is 11.9 Å². The number of hydrogen-bond donors (Lipinski definition) is 0. The second-order valence-electron chi connectivity index (χ2n) is 7.07. The summed E-state index contributed by atoms with van der Waals surface area (Å²) in [6.07, 6.45) is 2.69. The van der Waals surface area contributed by atoms with Crippen LogP contribution in [0.15, 0.2) is 47.9 Å². The number of thiazole rings is 1. The van der Waals surface area contributed by atoms with E-state index >= 15 is 0 Å². The molecule has 29 heavy (non-hydrogen) atoms. The van der Waals surface area contributed by atoms with Crippen molar-refractivity contribution in [3.63, 3.8) is 0 Å². The van der Waals surface area contributed by atoms with Crippen molar-refractivity contribution in [3.05, 3.63) is 64.8 Å². The predicted octanol–water partition coefficient (Wildman–Crippen LogP) is 4.59. The highest BCUT2D eigenvalue weighted by atomic mass is 32.2. The van der Waals surface area contributed by atoms with Crippen LogP contribution in [0.1, 0.15) is 24.0 Å². The minimum Gasteiger partial charge on any atom is -0.467 e. The number of ether oxygens (including phenoxy) is 1. The summed E-state index contributed by atoms with van der Waals surface area (Å²) in [7, 11) is -3.47. The van der Waals surface area contributed by atoms with Gasteiger partial charge in [-0.2, -0.15) is 4.31 Å². The van der Waals surface area contributed by atoms with E-state index < -0.39 is 10.0 Å². The van der Waals surface area contributed by atoms with Gasteiger partial charge in [-0.05, 0) is 49.6 Å². The maximum atomic E-state index is 13.3. The zero-order chi connectivity index (χ0) is 20.4. The lowest BCUT2D eigenvalue weighted by atomic mass is 10.1. The third-order valence-corrected chi connectivity index (χ3v) is 7.34. The van der Waals surface area contributed by atoms with Crippen molar-refractivity contribution in [1.82, 2.24) is 9.29 Å². The van der Waals surface area contributed by atoms with Gasteiger partial charge in [-0.1, -0.05) is 41.2 Å². The number of benzene rings is 2. The fraction of sp³-hybridized carbons (Fsp3) is 0.286. The number of fused-ring (bicyclic) bond motifs is 1. The van der Waals surface area contributed by atoms with Gasteiger partial charge in [-0.15, -0.1) is 0 Å². The quantitative estimate of drug-likeness (QED) is 0.592. The SMILES string of the molecule is Cc1ccc(/C=C/S(=O)(=O)N2CCC(Oc3nc4ccc(F)cc4s3)CC2)cc1. The number of aryl methyl sites for hydroxylation is 1. The Bertz CT molecular complexity index is 1130. The van der Waals surface area contributed by atoms with Crippen LogP contribution in [0.2, 0.25) is 0 Å². The van der Waals surface area contributed by atoms with Gasteiger partial charge in [-0.25, -0.2) is 17.8 Å². The first-order valence-electron chi connectivity index (χ1n) is 9.37. The minimum atomic E-state index is -3.47. The van der Waals surface area contributed by atoms with Crippen LogP contribution in [0.5, 0.6) is 5.19 Å². The fourth-order valence-electron chi connectivity index (χ4n) is 3.20. The standard InChI is InChI=1S/C21H21FN2O3S2/c1-15-2-4-16(5-3-15)10-13-29(25,26)24-11-8-18(9-12-24)27-21-23-19-7-6-17(22)14-20(19)28-21/h2-7,10,13-14,18H,8-9,11-12H2,1H3/b13-10+. The van der Waals surface area contributed by atoms with Gasteiger partial charge in [0.05, 0.1) is 10.2 Å². The minimum absolute atomic E-state index is 0.104. The molecule has 0 amide bonds. The van der Waals surface area contributed by atoms with Crippen molar-refractivity contribution >= 4 is 37.7 Å². The number of hydrogen-bond acceptors (Lipinski definition) is 5. The van der Waals surface area contributed by atoms with E-state index in [2.05, 4.69) is 4.98 Å². The molecule has 1 aromatic heterocycles. The Kier molecular flexibility index (Phi) is 5.67. The van der Waals surface area contributed by atoms with Crippen molar-refractivity contribution in [2.75, 3.05) is 13.1 Å². The summed E-state index contributed by atoms with van der Waals surface area (Å²) < 4.78 is 46.6. The summed E-state index contributed by atoms with van der Waals surface area (Å²) in [4.78, 5) is 4.37. The van der Waals surface area contributed by atoms with Crippen LogP contribution in [0, 0.1) is 12.7 Å². The molecule has 1 aliphatic heterocycles. The second-order valence-corrected chi connectivity index (χ2v) is 9.88. The Morgan fingerprint density at radius 3 is 2.62 bits per heavy atom. The fourth-order valence-corrected chi connectivity index (χ4v) is 5.33. The van der Waals surface area contributed by atoms with E-state index in [9.17, 15) is 12.8 Å². The molecule has 0 spiro atoms. The van der Waals surface area contributed by atoms with Crippen LogP contribution in [0.25, 0.3) is 16.3 Å². The van der Waals surface area contributed by atoms with Crippen molar-refractivity contribution < 1.29 is 17.5 Å². The zero-order valence-corrected chi connectivity index (χ0v) is 17.5. The lowest BCUT2D eigenvalue weighted by Crippen LogP contribution is -2.40. The number of piperidine rings is 1. The highest BCUT2D eigenvalue weighted by Crippen LogP contribution is 2.30. The Balaban J connectivity index is 1.36. The maximum absolute atomic E-state index is 13.3. The predicted molar refractivity (Wildman–Crippen MR) is 114 cm³/mol. The van der Waals surface area contributed by atoms with Crippen LogP contribution in [-0.4, -0.2) is 36.9 Å². The van der Waals surface area contributed by atoms with E-state index in [0.29, 0.717) is 36.6 Å². The van der Waals surface area contributed by atoms with Crippen LogP contribution in [-0.2, 0) is 10.0 Å². The number of sulfonamides is 1. The Hall–Kier alpha value is -2.29. The lowest BCUT2D eigenvalue weighted by molar-refractivity contribution is 0.135. The molecule has 4 rings (SSSR count). The molecule has 0 N–H and O–H groups in total. The molecular weight excluding hydrogens is 411 g/mol. The Morgan fingerprint density at radius 1 is 1.17 bits per heavy atom.